The van der Waals surface area contributed by atoms with Gasteiger partial charge in [0.25, 0.3) is 0 Å². The van der Waals surface area contributed by atoms with Gasteiger partial charge >= 0.3 is 0 Å². The molecule has 38 heavy (non-hydrogen) atoms. The molecule has 1 aromatic carbocycles. The molecule has 0 unspecified atom stereocenters. The first-order chi connectivity index (χ1) is 18.0. The lowest BCUT2D eigenvalue weighted by molar-refractivity contribution is -0.144. The molecule has 2 aromatic rings. The topological polar surface area (TPSA) is 133 Å². The molecular weight excluding hydrogens is 506 g/mol. The second kappa shape index (κ2) is 11.9. The molecule has 0 aliphatic carbocycles. The predicted octanol–water partition coefficient (Wildman–Crippen LogP) is 1.22. The number of nitrogens with one attached hydrogen (secondary N) is 3. The summed E-state index contributed by atoms with van der Waals surface area (Å²) in [7, 11) is 0. The van der Waals surface area contributed by atoms with Crippen LogP contribution in [0.25, 0.3) is 10.4 Å². The lowest BCUT2D eigenvalue weighted by Crippen LogP contribution is -2.61. The number of thiazole rings is 1. The van der Waals surface area contributed by atoms with Crippen molar-refractivity contribution in [1.82, 2.24) is 25.8 Å². The lowest BCUT2D eigenvalue weighted by atomic mass is 9.85. The minimum Gasteiger partial charge on any atom is -0.391 e. The highest BCUT2D eigenvalue weighted by molar-refractivity contribution is 7.13. The van der Waals surface area contributed by atoms with Gasteiger partial charge in [0.2, 0.25) is 17.7 Å². The summed E-state index contributed by atoms with van der Waals surface area (Å²) in [6, 6.07) is 5.66. The number of benzene rings is 1. The van der Waals surface area contributed by atoms with E-state index in [1.165, 1.54) is 4.90 Å². The van der Waals surface area contributed by atoms with Gasteiger partial charge in [-0.15, -0.1) is 11.3 Å². The van der Waals surface area contributed by atoms with Gasteiger partial charge in [-0.25, -0.2) is 4.98 Å². The van der Waals surface area contributed by atoms with Gasteiger partial charge in [-0.3, -0.25) is 14.4 Å². The molecule has 4 atom stereocenters. The summed E-state index contributed by atoms with van der Waals surface area (Å²) in [6.45, 7) is 9.20. The van der Waals surface area contributed by atoms with Gasteiger partial charge in [0.1, 0.15) is 18.1 Å². The molecule has 11 heteroatoms. The first-order valence-corrected chi connectivity index (χ1v) is 13.8. The Hall–Kier alpha value is -2.86. The normalized spacial score (nSPS) is 22.7. The van der Waals surface area contributed by atoms with Gasteiger partial charge in [0.05, 0.1) is 35.4 Å². The third kappa shape index (κ3) is 6.58. The van der Waals surface area contributed by atoms with E-state index in [9.17, 15) is 19.5 Å². The number of aromatic nitrogens is 1. The van der Waals surface area contributed by atoms with E-state index in [-0.39, 0.29) is 37.3 Å². The second-order valence-corrected chi connectivity index (χ2v) is 11.8. The molecule has 10 nitrogen and oxygen atoms in total. The van der Waals surface area contributed by atoms with Gasteiger partial charge in [0, 0.05) is 26.1 Å². The van der Waals surface area contributed by atoms with Gasteiger partial charge in [-0.1, -0.05) is 45.0 Å². The molecule has 0 bridgehead atoms. The Morgan fingerprint density at radius 3 is 2.58 bits per heavy atom. The summed E-state index contributed by atoms with van der Waals surface area (Å²) < 4.78 is 5.38. The molecule has 4 rings (SSSR count). The summed E-state index contributed by atoms with van der Waals surface area (Å²) in [5.74, 6) is -1.04. The zero-order chi connectivity index (χ0) is 27.4. The molecular formula is C27H37N5O5S. The van der Waals surface area contributed by atoms with Crippen molar-refractivity contribution in [2.45, 2.75) is 64.9 Å². The fourth-order valence-electron chi connectivity index (χ4n) is 4.76. The number of carbonyl (C=O) groups is 3. The van der Waals surface area contributed by atoms with Crippen LogP contribution in [0.3, 0.4) is 0 Å². The Morgan fingerprint density at radius 1 is 1.24 bits per heavy atom. The highest BCUT2D eigenvalue weighted by atomic mass is 32.1. The van der Waals surface area contributed by atoms with Crippen LogP contribution in [-0.4, -0.2) is 83.2 Å². The number of likely N-dealkylation sites (tertiary alicyclic amines) is 1. The Morgan fingerprint density at radius 2 is 1.97 bits per heavy atom. The van der Waals surface area contributed by atoms with Crippen molar-refractivity contribution in [3.05, 3.63) is 41.0 Å². The number of ether oxygens (including phenoxy) is 1. The first kappa shape index (κ1) is 28.2. The van der Waals surface area contributed by atoms with E-state index in [2.05, 4.69) is 20.9 Å². The van der Waals surface area contributed by atoms with Gasteiger partial charge < -0.3 is 30.7 Å². The molecule has 0 spiro atoms. The number of aryl methyl sites for hydroxylation is 1. The van der Waals surface area contributed by atoms with Crippen molar-refractivity contribution in [3.63, 3.8) is 0 Å². The van der Waals surface area contributed by atoms with Crippen molar-refractivity contribution < 1.29 is 24.2 Å². The van der Waals surface area contributed by atoms with Gasteiger partial charge in [0.15, 0.2) is 0 Å². The minimum absolute atomic E-state index is 0.0348. The summed E-state index contributed by atoms with van der Waals surface area (Å²) >= 11 is 1.58. The van der Waals surface area contributed by atoms with Crippen LogP contribution in [-0.2, 0) is 25.7 Å². The van der Waals surface area contributed by atoms with E-state index in [0.29, 0.717) is 19.7 Å². The van der Waals surface area contributed by atoms with E-state index in [1.807, 2.05) is 57.5 Å². The maximum absolute atomic E-state index is 13.7. The Balaban J connectivity index is 1.41. The van der Waals surface area contributed by atoms with E-state index in [4.69, 9.17) is 4.74 Å². The molecule has 206 valence electrons. The number of carbonyl (C=O) groups excluding carboxylic acids is 3. The monoisotopic (exact) mass is 543 g/mol. The third-order valence-corrected chi connectivity index (χ3v) is 7.91. The van der Waals surface area contributed by atoms with Crippen molar-refractivity contribution >= 4 is 29.1 Å². The third-order valence-electron chi connectivity index (χ3n) is 6.93. The number of hydrogen-bond acceptors (Lipinski definition) is 8. The van der Waals surface area contributed by atoms with Crippen LogP contribution in [0.2, 0.25) is 0 Å². The summed E-state index contributed by atoms with van der Waals surface area (Å²) in [5, 5.41) is 19.3. The number of hydrogen-bond donors (Lipinski definition) is 4. The fraction of sp³-hybridized carbons (Fsp3) is 0.556. The van der Waals surface area contributed by atoms with E-state index < -0.39 is 29.6 Å². The molecule has 1 aromatic heterocycles. The Bertz CT molecular complexity index is 1140. The largest absolute Gasteiger partial charge is 0.391 e. The molecule has 0 radical (unpaired) electrons. The smallest absolute Gasteiger partial charge is 0.246 e. The second-order valence-electron chi connectivity index (χ2n) is 11.0. The standard InChI is InChI=1S/C27H37N5O5S/c1-16-22(38-15-30-16)18-7-5-17(6-8-18)12-29-25(35)21-11-19(33)13-32(21)26(36)23(27(2,3)4)31-24(34)20-14-37-10-9-28-20/h5-8,15,19-21,23,28,33H,9-14H2,1-4H3,(H,29,35)(H,31,34)/t19-,20+,21+,23-/m1/s1. The van der Waals surface area contributed by atoms with E-state index in [1.54, 1.807) is 11.3 Å². The van der Waals surface area contributed by atoms with Crippen LogP contribution in [0, 0.1) is 12.3 Å². The van der Waals surface area contributed by atoms with Gasteiger partial charge in [-0.05, 0) is 23.5 Å². The highest BCUT2D eigenvalue weighted by Gasteiger charge is 2.45. The van der Waals surface area contributed by atoms with E-state index >= 15 is 0 Å². The van der Waals surface area contributed by atoms with Gasteiger partial charge in [-0.2, -0.15) is 0 Å². The zero-order valence-corrected chi connectivity index (χ0v) is 23.1. The number of aliphatic hydroxyl groups is 1. The maximum atomic E-state index is 13.7. The predicted molar refractivity (Wildman–Crippen MR) is 144 cm³/mol. The van der Waals surface area contributed by atoms with E-state index in [0.717, 1.165) is 21.7 Å². The molecule has 0 saturated carbocycles. The van der Waals surface area contributed by atoms with Crippen LogP contribution >= 0.6 is 11.3 Å². The van der Waals surface area contributed by atoms with Crippen LogP contribution in [0.1, 0.15) is 38.4 Å². The zero-order valence-electron chi connectivity index (χ0n) is 22.3. The highest BCUT2D eigenvalue weighted by Crippen LogP contribution is 2.28. The molecule has 4 N–H and O–H groups in total. The summed E-state index contributed by atoms with van der Waals surface area (Å²) in [5.41, 5.74) is 4.17. The molecule has 2 aliphatic heterocycles. The van der Waals surface area contributed by atoms with Crippen molar-refractivity contribution in [2.24, 2.45) is 5.41 Å². The SMILES string of the molecule is Cc1ncsc1-c1ccc(CNC(=O)[C@@H]2C[C@@H](O)CN2C(=O)[C@@H](NC(=O)[C@@H]2COCCN2)C(C)(C)C)cc1. The van der Waals surface area contributed by atoms with Crippen LogP contribution in [0.4, 0.5) is 0 Å². The Kier molecular flexibility index (Phi) is 8.81. The average molecular weight is 544 g/mol. The number of rotatable bonds is 7. The first-order valence-electron chi connectivity index (χ1n) is 12.9. The number of amides is 3. The molecule has 2 saturated heterocycles. The number of nitrogens with zero attached hydrogens (tertiary/aromatic N) is 2. The minimum atomic E-state index is -0.873. The molecule has 3 heterocycles. The molecule has 3 amide bonds. The molecule has 2 aliphatic rings. The van der Waals surface area contributed by atoms with Crippen molar-refractivity contribution in [2.75, 3.05) is 26.3 Å². The number of β-amino-alcohol motifs (C(OH)–C–C–N with tert-alkyl or cyclic N) is 1. The maximum Gasteiger partial charge on any atom is 0.246 e. The summed E-state index contributed by atoms with van der Waals surface area (Å²) in [6.07, 6.45) is -0.675. The van der Waals surface area contributed by atoms with Crippen LogP contribution in [0.5, 0.6) is 0 Å². The average Bonchev–Trinajstić information content (AvgIpc) is 3.50. The fourth-order valence-corrected chi connectivity index (χ4v) is 5.57. The quantitative estimate of drug-likeness (QED) is 0.413. The van der Waals surface area contributed by atoms with Crippen LogP contribution < -0.4 is 16.0 Å². The Labute approximate surface area is 227 Å². The van der Waals surface area contributed by atoms with Crippen LogP contribution in [0.15, 0.2) is 29.8 Å². The van der Waals surface area contributed by atoms with Crippen molar-refractivity contribution in [1.29, 1.82) is 0 Å². The molecule has 2 fully saturated rings. The number of morpholine rings is 1. The van der Waals surface area contributed by atoms with Crippen molar-refractivity contribution in [3.8, 4) is 10.4 Å². The lowest BCUT2D eigenvalue weighted by Gasteiger charge is -2.36. The summed E-state index contributed by atoms with van der Waals surface area (Å²) in [4.78, 5) is 46.5. The number of aliphatic hydroxyl groups excluding tert-OH is 1.